The monoisotopic (exact) mass is 358 g/mol. The lowest BCUT2D eigenvalue weighted by Gasteiger charge is -2.36. The van der Waals surface area contributed by atoms with Crippen molar-refractivity contribution in [2.45, 2.75) is 44.7 Å². The van der Waals surface area contributed by atoms with Gasteiger partial charge in [-0.05, 0) is 33.9 Å². The number of amides is 1. The first-order chi connectivity index (χ1) is 12.4. The zero-order valence-corrected chi connectivity index (χ0v) is 15.7. The minimum Gasteiger partial charge on any atom is -0.442 e. The van der Waals surface area contributed by atoms with Crippen LogP contribution in [0.4, 0.5) is 0 Å². The standard InChI is InChI=1S/C19H26N4O3/c1-5-10-23-12-21-17-15(18(23)25)14(13(2)26-17)16(24)20-11-19(22(3)4)8-6-7-9-19/h5,12H,1,6-11H2,2-4H3,(H,20,24). The molecule has 2 heterocycles. The summed E-state index contributed by atoms with van der Waals surface area (Å²) in [6.45, 7) is 6.21. The minimum absolute atomic E-state index is 0.0234. The van der Waals surface area contributed by atoms with Crippen LogP contribution in [-0.4, -0.2) is 46.5 Å². The molecular weight excluding hydrogens is 332 g/mol. The highest BCUT2D eigenvalue weighted by Gasteiger charge is 2.36. The first-order valence-corrected chi connectivity index (χ1v) is 8.95. The van der Waals surface area contributed by atoms with Crippen molar-refractivity contribution in [3.63, 3.8) is 0 Å². The summed E-state index contributed by atoms with van der Waals surface area (Å²) < 4.78 is 6.97. The molecule has 1 saturated carbocycles. The molecule has 0 unspecified atom stereocenters. The number of likely N-dealkylation sites (N-methyl/N-ethyl adjacent to an activating group) is 1. The fourth-order valence-corrected chi connectivity index (χ4v) is 3.83. The molecule has 7 nitrogen and oxygen atoms in total. The van der Waals surface area contributed by atoms with Crippen LogP contribution in [0.3, 0.4) is 0 Å². The summed E-state index contributed by atoms with van der Waals surface area (Å²) in [5.74, 6) is 0.119. The van der Waals surface area contributed by atoms with Crippen molar-refractivity contribution in [2.75, 3.05) is 20.6 Å². The molecule has 1 amide bonds. The fourth-order valence-electron chi connectivity index (χ4n) is 3.83. The van der Waals surface area contributed by atoms with E-state index in [4.69, 9.17) is 4.42 Å². The molecular formula is C19H26N4O3. The number of allylic oxidation sites excluding steroid dienone is 1. The number of nitrogens with one attached hydrogen (secondary N) is 1. The Morgan fingerprint density at radius 2 is 2.15 bits per heavy atom. The van der Waals surface area contributed by atoms with E-state index in [1.54, 1.807) is 13.0 Å². The van der Waals surface area contributed by atoms with Crippen LogP contribution in [0.15, 0.2) is 28.2 Å². The van der Waals surface area contributed by atoms with Gasteiger partial charge in [-0.15, -0.1) is 6.58 Å². The van der Waals surface area contributed by atoms with Gasteiger partial charge >= 0.3 is 0 Å². The Bertz CT molecular complexity index is 888. The van der Waals surface area contributed by atoms with Crippen molar-refractivity contribution in [1.82, 2.24) is 19.8 Å². The molecule has 0 radical (unpaired) electrons. The number of hydrogen-bond donors (Lipinski definition) is 1. The second-order valence-electron chi connectivity index (χ2n) is 7.21. The topological polar surface area (TPSA) is 80.4 Å². The number of aryl methyl sites for hydroxylation is 1. The van der Waals surface area contributed by atoms with Gasteiger partial charge in [0.1, 0.15) is 17.5 Å². The molecule has 0 bridgehead atoms. The lowest BCUT2D eigenvalue weighted by Crippen LogP contribution is -2.50. The third kappa shape index (κ3) is 3.07. The number of furan rings is 1. The van der Waals surface area contributed by atoms with Gasteiger partial charge in [-0.25, -0.2) is 4.98 Å². The van der Waals surface area contributed by atoms with E-state index in [0.717, 1.165) is 25.7 Å². The van der Waals surface area contributed by atoms with E-state index in [9.17, 15) is 9.59 Å². The van der Waals surface area contributed by atoms with Crippen LogP contribution in [-0.2, 0) is 6.54 Å². The van der Waals surface area contributed by atoms with Gasteiger partial charge in [0.05, 0.1) is 5.56 Å². The van der Waals surface area contributed by atoms with Gasteiger partial charge < -0.3 is 14.6 Å². The predicted octanol–water partition coefficient (Wildman–Crippen LogP) is 2.09. The second-order valence-corrected chi connectivity index (χ2v) is 7.21. The number of nitrogens with zero attached hydrogens (tertiary/aromatic N) is 3. The van der Waals surface area contributed by atoms with E-state index in [-0.39, 0.29) is 33.7 Å². The molecule has 2 aromatic rings. The van der Waals surface area contributed by atoms with Gasteiger partial charge in [0.25, 0.3) is 11.5 Å². The third-order valence-electron chi connectivity index (χ3n) is 5.47. The molecule has 2 aromatic heterocycles. The van der Waals surface area contributed by atoms with Crippen LogP contribution < -0.4 is 10.9 Å². The second kappa shape index (κ2) is 7.07. The number of fused-ring (bicyclic) bond motifs is 1. The summed E-state index contributed by atoms with van der Waals surface area (Å²) in [7, 11) is 4.10. The Labute approximate surface area is 152 Å². The average molecular weight is 358 g/mol. The molecule has 0 aromatic carbocycles. The molecule has 1 aliphatic rings. The van der Waals surface area contributed by atoms with E-state index in [2.05, 4.69) is 21.8 Å². The highest BCUT2D eigenvalue weighted by molar-refractivity contribution is 6.06. The van der Waals surface area contributed by atoms with Gasteiger partial charge in [0.2, 0.25) is 5.71 Å². The molecule has 7 heteroatoms. The number of hydrogen-bond acceptors (Lipinski definition) is 5. The van der Waals surface area contributed by atoms with Crippen LogP contribution in [0.2, 0.25) is 0 Å². The lowest BCUT2D eigenvalue weighted by molar-refractivity contribution is 0.0900. The Morgan fingerprint density at radius 3 is 2.77 bits per heavy atom. The number of rotatable bonds is 6. The van der Waals surface area contributed by atoms with E-state index in [1.807, 2.05) is 14.1 Å². The molecule has 0 spiro atoms. The number of aromatic nitrogens is 2. The zero-order chi connectivity index (χ0) is 18.9. The molecule has 0 saturated heterocycles. The van der Waals surface area contributed by atoms with Crippen LogP contribution >= 0.6 is 0 Å². The van der Waals surface area contributed by atoms with Crippen LogP contribution in [0.5, 0.6) is 0 Å². The highest BCUT2D eigenvalue weighted by Crippen LogP contribution is 2.33. The van der Waals surface area contributed by atoms with Crippen LogP contribution in [0, 0.1) is 6.92 Å². The van der Waals surface area contributed by atoms with Gasteiger partial charge in [0, 0.05) is 18.6 Å². The van der Waals surface area contributed by atoms with Gasteiger partial charge in [-0.3, -0.25) is 14.2 Å². The van der Waals surface area contributed by atoms with Crippen molar-refractivity contribution in [3.05, 3.63) is 40.7 Å². The maximum absolute atomic E-state index is 12.9. The summed E-state index contributed by atoms with van der Waals surface area (Å²) in [6, 6.07) is 0. The first-order valence-electron chi connectivity index (χ1n) is 8.95. The van der Waals surface area contributed by atoms with E-state index < -0.39 is 0 Å². The number of carbonyl (C=O) groups is 1. The van der Waals surface area contributed by atoms with Gasteiger partial charge in [0.15, 0.2) is 0 Å². The maximum Gasteiger partial charge on any atom is 0.265 e. The number of carbonyl (C=O) groups excluding carboxylic acids is 1. The third-order valence-corrected chi connectivity index (χ3v) is 5.47. The van der Waals surface area contributed by atoms with E-state index >= 15 is 0 Å². The summed E-state index contributed by atoms with van der Waals surface area (Å²) in [6.07, 6.45) is 7.47. The molecule has 0 aliphatic heterocycles. The Kier molecular flexibility index (Phi) is 5.00. The molecule has 0 atom stereocenters. The van der Waals surface area contributed by atoms with Crippen molar-refractivity contribution in [3.8, 4) is 0 Å². The summed E-state index contributed by atoms with van der Waals surface area (Å²) in [4.78, 5) is 32.0. The predicted molar refractivity (Wildman–Crippen MR) is 100 cm³/mol. The summed E-state index contributed by atoms with van der Waals surface area (Å²) in [5.41, 5.74) is 0.161. The van der Waals surface area contributed by atoms with Gasteiger partial charge in [-0.2, -0.15) is 0 Å². The Balaban J connectivity index is 1.93. The first kappa shape index (κ1) is 18.4. The Hall–Kier alpha value is -2.41. The van der Waals surface area contributed by atoms with Gasteiger partial charge in [-0.1, -0.05) is 18.9 Å². The molecule has 26 heavy (non-hydrogen) atoms. The molecule has 1 N–H and O–H groups in total. The largest absolute Gasteiger partial charge is 0.442 e. The molecule has 1 fully saturated rings. The minimum atomic E-state index is -0.292. The lowest BCUT2D eigenvalue weighted by atomic mass is 9.96. The Morgan fingerprint density at radius 1 is 1.46 bits per heavy atom. The normalized spacial score (nSPS) is 16.3. The fraction of sp³-hybridized carbons (Fsp3) is 0.526. The average Bonchev–Trinajstić information content (AvgIpc) is 3.21. The van der Waals surface area contributed by atoms with Crippen LogP contribution in [0.1, 0.15) is 41.8 Å². The smallest absolute Gasteiger partial charge is 0.265 e. The molecule has 3 rings (SSSR count). The highest BCUT2D eigenvalue weighted by atomic mass is 16.3. The maximum atomic E-state index is 12.9. The van der Waals surface area contributed by atoms with E-state index in [1.165, 1.54) is 10.9 Å². The molecule has 140 valence electrons. The van der Waals surface area contributed by atoms with Crippen molar-refractivity contribution in [2.24, 2.45) is 0 Å². The summed E-state index contributed by atoms with van der Waals surface area (Å²) >= 11 is 0. The van der Waals surface area contributed by atoms with Crippen molar-refractivity contribution >= 4 is 17.0 Å². The zero-order valence-electron chi connectivity index (χ0n) is 15.7. The quantitative estimate of drug-likeness (QED) is 0.800. The molecule has 1 aliphatic carbocycles. The van der Waals surface area contributed by atoms with E-state index in [0.29, 0.717) is 18.8 Å². The summed E-state index contributed by atoms with van der Waals surface area (Å²) in [5, 5.41) is 3.26. The van der Waals surface area contributed by atoms with Crippen molar-refractivity contribution in [1.29, 1.82) is 0 Å². The van der Waals surface area contributed by atoms with Crippen LogP contribution in [0.25, 0.3) is 11.1 Å². The SMILES string of the molecule is C=CCn1cnc2oc(C)c(C(=O)NCC3(N(C)C)CCCC3)c2c1=O. The van der Waals surface area contributed by atoms with Crippen molar-refractivity contribution < 1.29 is 9.21 Å².